The Kier molecular flexibility index (Phi) is 4.82. The van der Waals surface area contributed by atoms with Gasteiger partial charge in [-0.1, -0.05) is 30.3 Å². The zero-order valence-corrected chi connectivity index (χ0v) is 17.1. The van der Waals surface area contributed by atoms with E-state index in [1.165, 1.54) is 5.56 Å². The van der Waals surface area contributed by atoms with E-state index in [0.717, 1.165) is 44.8 Å². The number of hydrogen-bond donors (Lipinski definition) is 1. The van der Waals surface area contributed by atoms with Gasteiger partial charge in [0.25, 0.3) is 0 Å². The van der Waals surface area contributed by atoms with Crippen molar-refractivity contribution >= 4 is 15.8 Å². The second-order valence-corrected chi connectivity index (χ2v) is 9.83. The van der Waals surface area contributed by atoms with Crippen molar-refractivity contribution in [3.8, 4) is 0 Å². The van der Waals surface area contributed by atoms with Crippen molar-refractivity contribution in [2.24, 2.45) is 5.14 Å². The summed E-state index contributed by atoms with van der Waals surface area (Å²) in [7, 11) is -3.82. The van der Waals surface area contributed by atoms with E-state index in [2.05, 4.69) is 21.9 Å². The van der Waals surface area contributed by atoms with E-state index in [-0.39, 0.29) is 16.9 Å². The molecule has 0 saturated carbocycles. The van der Waals surface area contributed by atoms with Crippen LogP contribution in [0.5, 0.6) is 0 Å². The number of sulfonamides is 1. The molecule has 0 radical (unpaired) electrons. The zero-order valence-electron chi connectivity index (χ0n) is 16.3. The Labute approximate surface area is 171 Å². The Hall–Kier alpha value is -2.00. The molecule has 2 aromatic rings. The summed E-state index contributed by atoms with van der Waals surface area (Å²) in [6, 6.07) is 14.1. The predicted molar refractivity (Wildman–Crippen MR) is 110 cm³/mol. The maximum atomic E-state index is 12.2. The normalized spacial score (nSPS) is 27.1. The topological polar surface area (TPSA) is 88.8 Å². The van der Waals surface area contributed by atoms with Gasteiger partial charge in [-0.05, 0) is 37.1 Å². The van der Waals surface area contributed by atoms with Crippen LogP contribution >= 0.6 is 0 Å². The molecule has 3 aliphatic rings. The summed E-state index contributed by atoms with van der Waals surface area (Å²) < 4.78 is 30.2. The fourth-order valence-electron chi connectivity index (χ4n) is 4.87. The first-order valence-corrected chi connectivity index (χ1v) is 11.7. The Morgan fingerprint density at radius 3 is 2.66 bits per heavy atom. The van der Waals surface area contributed by atoms with Crippen molar-refractivity contribution in [3.05, 3.63) is 53.7 Å². The van der Waals surface area contributed by atoms with Gasteiger partial charge >= 0.3 is 0 Å². The molecule has 8 heteroatoms. The molecular formula is C21H26N4O3S. The van der Waals surface area contributed by atoms with Gasteiger partial charge in [0.2, 0.25) is 10.0 Å². The van der Waals surface area contributed by atoms with Crippen LogP contribution in [0.25, 0.3) is 0 Å². The highest BCUT2D eigenvalue weighted by atomic mass is 32.2. The van der Waals surface area contributed by atoms with Crippen molar-refractivity contribution in [1.29, 1.82) is 0 Å². The van der Waals surface area contributed by atoms with E-state index in [0.29, 0.717) is 18.3 Å². The molecule has 3 fully saturated rings. The van der Waals surface area contributed by atoms with Crippen LogP contribution in [-0.4, -0.2) is 56.7 Å². The first kappa shape index (κ1) is 19.0. The second-order valence-electron chi connectivity index (χ2n) is 8.30. The molecule has 154 valence electrons. The Balaban J connectivity index is 1.41. The van der Waals surface area contributed by atoms with E-state index >= 15 is 0 Å². The van der Waals surface area contributed by atoms with Crippen LogP contribution in [0.1, 0.15) is 30.0 Å². The Morgan fingerprint density at radius 2 is 1.97 bits per heavy atom. The molecule has 0 unspecified atom stereocenters. The van der Waals surface area contributed by atoms with E-state index < -0.39 is 10.0 Å². The summed E-state index contributed by atoms with van der Waals surface area (Å²) in [6.07, 6.45) is 2.15. The number of anilines is 1. The van der Waals surface area contributed by atoms with Gasteiger partial charge in [0.15, 0.2) is 0 Å². The number of pyridine rings is 1. The van der Waals surface area contributed by atoms with E-state index in [9.17, 15) is 8.42 Å². The van der Waals surface area contributed by atoms with Gasteiger partial charge in [-0.15, -0.1) is 0 Å². The molecule has 3 aliphatic heterocycles. The number of rotatable bonds is 5. The van der Waals surface area contributed by atoms with Gasteiger partial charge in [-0.2, -0.15) is 0 Å². The molecule has 3 saturated heterocycles. The molecule has 4 heterocycles. The fraction of sp³-hybridized carbons (Fsp3) is 0.476. The molecular weight excluding hydrogens is 388 g/mol. The van der Waals surface area contributed by atoms with Crippen molar-refractivity contribution in [2.45, 2.75) is 42.3 Å². The number of primary sulfonamides is 1. The van der Waals surface area contributed by atoms with Crippen LogP contribution in [0.3, 0.4) is 0 Å². The third-order valence-electron chi connectivity index (χ3n) is 6.28. The number of ether oxygens (including phenoxy) is 1. The van der Waals surface area contributed by atoms with E-state index in [1.54, 1.807) is 12.1 Å². The highest BCUT2D eigenvalue weighted by molar-refractivity contribution is 7.89. The minimum absolute atomic E-state index is 0.0584. The molecule has 1 aromatic heterocycles. The number of aromatic nitrogens is 1. The summed E-state index contributed by atoms with van der Waals surface area (Å²) in [4.78, 5) is 9.61. The number of likely N-dealkylation sites (tertiary alicyclic amines) is 1. The lowest BCUT2D eigenvalue weighted by Crippen LogP contribution is -2.37. The average Bonchev–Trinajstić information content (AvgIpc) is 3.45. The molecule has 0 aliphatic carbocycles. The summed E-state index contributed by atoms with van der Waals surface area (Å²) in [6.45, 7) is 4.08. The molecule has 1 aromatic carbocycles. The van der Waals surface area contributed by atoms with E-state index in [4.69, 9.17) is 14.9 Å². The summed E-state index contributed by atoms with van der Waals surface area (Å²) in [5.41, 5.74) is 1.87. The number of morpholine rings is 1. The van der Waals surface area contributed by atoms with Gasteiger partial charge in [-0.25, -0.2) is 18.5 Å². The maximum absolute atomic E-state index is 12.2. The molecule has 7 nitrogen and oxygen atoms in total. The number of benzene rings is 1. The van der Waals surface area contributed by atoms with Crippen LogP contribution in [0.2, 0.25) is 0 Å². The van der Waals surface area contributed by atoms with Crippen LogP contribution in [0.15, 0.2) is 47.4 Å². The Bertz CT molecular complexity index is 998. The van der Waals surface area contributed by atoms with E-state index in [1.807, 2.05) is 18.2 Å². The zero-order chi connectivity index (χ0) is 20.0. The maximum Gasteiger partial charge on any atom is 0.239 e. The lowest BCUT2D eigenvalue weighted by Gasteiger charge is -2.29. The molecule has 5 rings (SSSR count). The third kappa shape index (κ3) is 3.77. The van der Waals surface area contributed by atoms with Crippen molar-refractivity contribution < 1.29 is 13.2 Å². The van der Waals surface area contributed by atoms with Gasteiger partial charge < -0.3 is 9.64 Å². The number of fused-ring (bicyclic) bond motifs is 2. The van der Waals surface area contributed by atoms with Gasteiger partial charge in [0.1, 0.15) is 10.7 Å². The largest absolute Gasteiger partial charge is 0.374 e. The Morgan fingerprint density at radius 1 is 1.14 bits per heavy atom. The average molecular weight is 415 g/mol. The van der Waals surface area contributed by atoms with Gasteiger partial charge in [0, 0.05) is 25.6 Å². The summed E-state index contributed by atoms with van der Waals surface area (Å²) in [5.74, 6) is 0.896. The minimum atomic E-state index is -3.82. The molecule has 0 amide bonds. The quantitative estimate of drug-likeness (QED) is 0.801. The highest BCUT2D eigenvalue weighted by Crippen LogP contribution is 2.36. The molecule has 29 heavy (non-hydrogen) atoms. The van der Waals surface area contributed by atoms with Gasteiger partial charge in [0.05, 0.1) is 24.4 Å². The first-order valence-electron chi connectivity index (χ1n) is 10.2. The molecule has 2 bridgehead atoms. The molecule has 0 spiro atoms. The van der Waals surface area contributed by atoms with Crippen molar-refractivity contribution in [3.63, 3.8) is 0 Å². The van der Waals surface area contributed by atoms with Crippen LogP contribution in [0.4, 0.5) is 5.82 Å². The van der Waals surface area contributed by atoms with Gasteiger partial charge in [-0.3, -0.25) is 4.90 Å². The van der Waals surface area contributed by atoms with Crippen molar-refractivity contribution in [1.82, 2.24) is 9.88 Å². The lowest BCUT2D eigenvalue weighted by atomic mass is 10.0. The number of nitrogens with zero attached hydrogens (tertiary/aromatic N) is 3. The molecule has 3 atom stereocenters. The summed E-state index contributed by atoms with van der Waals surface area (Å²) >= 11 is 0. The summed E-state index contributed by atoms with van der Waals surface area (Å²) in [5, 5.41) is 5.53. The fourth-order valence-corrected chi connectivity index (χ4v) is 5.63. The standard InChI is InChI=1S/C21H26N4O3S/c22-29(26,27)19-6-7-20(25-13-18-10-17(25)14-28-18)23-21(19)16-8-9-24(12-16)11-15-4-2-1-3-5-15/h1-7,16-18H,8-14H2,(H2,22,26,27)/t16-,17+,18+/m1/s1. The predicted octanol–water partition coefficient (Wildman–Crippen LogP) is 1.70. The van der Waals surface area contributed by atoms with Crippen LogP contribution in [-0.2, 0) is 21.3 Å². The highest BCUT2D eigenvalue weighted by Gasteiger charge is 2.40. The van der Waals surface area contributed by atoms with Crippen molar-refractivity contribution in [2.75, 3.05) is 31.1 Å². The third-order valence-corrected chi connectivity index (χ3v) is 7.24. The van der Waals surface area contributed by atoms with Crippen LogP contribution in [0, 0.1) is 0 Å². The monoisotopic (exact) mass is 414 g/mol. The number of nitrogens with two attached hydrogens (primary N) is 1. The molecule has 2 N–H and O–H groups in total. The lowest BCUT2D eigenvalue weighted by molar-refractivity contribution is 0.0988. The second kappa shape index (κ2) is 7.36. The minimum Gasteiger partial charge on any atom is -0.374 e. The van der Waals surface area contributed by atoms with Crippen LogP contribution < -0.4 is 10.0 Å². The first-order chi connectivity index (χ1) is 14.0. The SMILES string of the molecule is NS(=O)(=O)c1ccc(N2C[C@@H]3C[C@H]2CO3)nc1[C@@H]1CCN(Cc2ccccc2)C1. The number of hydrogen-bond acceptors (Lipinski definition) is 6. The smallest absolute Gasteiger partial charge is 0.239 e.